The number of aromatic nitrogens is 2. The van der Waals surface area contributed by atoms with Gasteiger partial charge in [-0.1, -0.05) is 55.4 Å². The molecule has 1 aromatic heterocycles. The second-order valence-electron chi connectivity index (χ2n) is 9.77. The number of aromatic amines is 1. The summed E-state index contributed by atoms with van der Waals surface area (Å²) in [5, 5.41) is 28.1. The first kappa shape index (κ1) is 28.9. The molecule has 2 heterocycles. The van der Waals surface area contributed by atoms with Gasteiger partial charge in [0.15, 0.2) is 14.5 Å². The summed E-state index contributed by atoms with van der Waals surface area (Å²) in [6.07, 6.45) is -3.58. The SMILES string of the molecule is CC(C)[SiH2]O[Si](C(C)C)(C(C)C)C(C)C.O=c1ccn([C@@H]2O[C@H](CO)[C@@H](O)[C@H]2O)c(=O)[nH]1. The lowest BCUT2D eigenvalue weighted by Crippen LogP contribution is -2.48. The molecule has 1 saturated heterocycles. The highest BCUT2D eigenvalue weighted by Crippen LogP contribution is 2.42. The topological polar surface area (TPSA) is 134 Å². The van der Waals surface area contributed by atoms with Crippen LogP contribution in [0.5, 0.6) is 0 Å². The van der Waals surface area contributed by atoms with Gasteiger partial charge in [0.1, 0.15) is 28.1 Å². The maximum absolute atomic E-state index is 11.4. The van der Waals surface area contributed by atoms with Crippen LogP contribution in [0.15, 0.2) is 21.9 Å². The molecule has 0 amide bonds. The van der Waals surface area contributed by atoms with Crippen LogP contribution in [-0.4, -0.2) is 67.9 Å². The Morgan fingerprint density at radius 3 is 1.97 bits per heavy atom. The number of H-pyrrole nitrogens is 1. The Hall–Kier alpha value is -1.09. The lowest BCUT2D eigenvalue weighted by atomic mass is 10.1. The summed E-state index contributed by atoms with van der Waals surface area (Å²) in [7, 11) is -1.85. The molecule has 0 aromatic carbocycles. The molecule has 186 valence electrons. The molecule has 4 N–H and O–H groups in total. The van der Waals surface area contributed by atoms with Crippen LogP contribution in [0.25, 0.3) is 0 Å². The van der Waals surface area contributed by atoms with Crippen LogP contribution >= 0.6 is 0 Å². The zero-order valence-electron chi connectivity index (χ0n) is 20.6. The molecule has 0 spiro atoms. The molecule has 0 unspecified atom stereocenters. The lowest BCUT2D eigenvalue weighted by molar-refractivity contribution is -0.0550. The van der Waals surface area contributed by atoms with Crippen molar-refractivity contribution in [2.75, 3.05) is 6.61 Å². The van der Waals surface area contributed by atoms with Crippen LogP contribution in [0.1, 0.15) is 61.6 Å². The molecule has 9 nitrogen and oxygen atoms in total. The van der Waals surface area contributed by atoms with Crippen LogP contribution in [0.3, 0.4) is 0 Å². The van der Waals surface area contributed by atoms with Gasteiger partial charge in [-0.2, -0.15) is 0 Å². The predicted octanol–water partition coefficient (Wildman–Crippen LogP) is 1.24. The first-order chi connectivity index (χ1) is 14.8. The quantitative estimate of drug-likeness (QED) is 0.403. The average molecular weight is 491 g/mol. The van der Waals surface area contributed by atoms with Crippen molar-refractivity contribution >= 4 is 18.1 Å². The number of nitrogens with one attached hydrogen (secondary N) is 1. The summed E-state index contributed by atoms with van der Waals surface area (Å²) in [6, 6.07) is 1.09. The minimum Gasteiger partial charge on any atom is -0.459 e. The third-order valence-electron chi connectivity index (χ3n) is 6.02. The first-order valence-electron chi connectivity index (χ1n) is 11.4. The van der Waals surface area contributed by atoms with Gasteiger partial charge in [-0.15, -0.1) is 0 Å². The fourth-order valence-electron chi connectivity index (χ4n) is 4.55. The molecule has 0 bridgehead atoms. The van der Waals surface area contributed by atoms with Crippen LogP contribution in [0.2, 0.25) is 22.2 Å². The summed E-state index contributed by atoms with van der Waals surface area (Å²) >= 11 is 0. The molecule has 0 saturated carbocycles. The summed E-state index contributed by atoms with van der Waals surface area (Å²) < 4.78 is 12.6. The van der Waals surface area contributed by atoms with E-state index in [4.69, 9.17) is 14.0 Å². The molecular weight excluding hydrogens is 448 g/mol. The van der Waals surface area contributed by atoms with E-state index in [1.54, 1.807) is 0 Å². The van der Waals surface area contributed by atoms with E-state index in [-0.39, 0.29) is 9.76 Å². The lowest BCUT2D eigenvalue weighted by Gasteiger charge is -2.43. The minimum absolute atomic E-state index is 0.325. The van der Waals surface area contributed by atoms with Crippen molar-refractivity contribution in [3.63, 3.8) is 0 Å². The van der Waals surface area contributed by atoms with Crippen LogP contribution < -0.4 is 11.2 Å². The van der Waals surface area contributed by atoms with Crippen LogP contribution in [0.4, 0.5) is 0 Å². The molecule has 1 aromatic rings. The minimum atomic E-state index is -1.53. The van der Waals surface area contributed by atoms with E-state index in [1.165, 1.54) is 0 Å². The number of hydrogen-bond donors (Lipinski definition) is 4. The Bertz CT molecular complexity index is 788. The molecule has 2 rings (SSSR count). The van der Waals surface area contributed by atoms with Crippen molar-refractivity contribution in [3.8, 4) is 0 Å². The molecule has 1 aliphatic heterocycles. The Kier molecular flexibility index (Phi) is 11.2. The summed E-state index contributed by atoms with van der Waals surface area (Å²) in [4.78, 5) is 24.3. The molecular formula is C21H42N2O7Si2. The third kappa shape index (κ3) is 6.72. The number of aliphatic hydroxyl groups is 3. The Morgan fingerprint density at radius 2 is 1.59 bits per heavy atom. The maximum atomic E-state index is 11.4. The fourth-order valence-corrected chi connectivity index (χ4v) is 15.0. The van der Waals surface area contributed by atoms with E-state index in [0.29, 0.717) is 0 Å². The predicted molar refractivity (Wildman–Crippen MR) is 130 cm³/mol. The van der Waals surface area contributed by atoms with Crippen LogP contribution in [0, 0.1) is 0 Å². The summed E-state index contributed by atoms with van der Waals surface area (Å²) in [5.41, 5.74) is 1.68. The van der Waals surface area contributed by atoms with E-state index in [9.17, 15) is 19.8 Å². The molecule has 32 heavy (non-hydrogen) atoms. The summed E-state index contributed by atoms with van der Waals surface area (Å²) in [6.45, 7) is 18.3. The second kappa shape index (κ2) is 12.4. The van der Waals surface area contributed by atoms with Crippen LogP contribution in [-0.2, 0) is 8.85 Å². The van der Waals surface area contributed by atoms with Gasteiger partial charge in [0.2, 0.25) is 0 Å². The van der Waals surface area contributed by atoms with Crippen molar-refractivity contribution in [2.45, 2.75) is 102 Å². The van der Waals surface area contributed by atoms with Gasteiger partial charge in [0.05, 0.1) is 6.61 Å². The molecule has 0 aliphatic carbocycles. The van der Waals surface area contributed by atoms with Crippen molar-refractivity contribution in [1.29, 1.82) is 0 Å². The molecule has 4 atom stereocenters. The number of nitrogens with zero attached hydrogens (tertiary/aromatic N) is 1. The van der Waals surface area contributed by atoms with Crippen molar-refractivity contribution in [1.82, 2.24) is 9.55 Å². The standard InChI is InChI=1S/C12H30OSi2.C9H12N2O6/c1-9(2)14-13-15(10(3)4,11(5)6)12(7)8;12-3-4-6(14)7(15)8(17-4)11-2-1-5(13)10-9(11)16/h9-12H,14H2,1-8H3;1-2,4,6-8,12,14-15H,3H2,(H,10,13,16)/t;4-,6-,7-,8-/m.1/s1. The maximum Gasteiger partial charge on any atom is 0.330 e. The first-order valence-corrected chi connectivity index (χ1v) is 14.9. The van der Waals surface area contributed by atoms with Gasteiger partial charge in [-0.25, -0.2) is 4.79 Å². The number of rotatable bonds is 8. The van der Waals surface area contributed by atoms with E-state index in [1.807, 2.05) is 4.98 Å². The van der Waals surface area contributed by atoms with Gasteiger partial charge in [-0.05, 0) is 22.2 Å². The third-order valence-corrected chi connectivity index (χ3v) is 14.8. The van der Waals surface area contributed by atoms with E-state index >= 15 is 0 Å². The van der Waals surface area contributed by atoms with Crippen molar-refractivity contribution in [3.05, 3.63) is 33.1 Å². The van der Waals surface area contributed by atoms with Gasteiger partial charge in [-0.3, -0.25) is 14.3 Å². The van der Waals surface area contributed by atoms with E-state index in [2.05, 4.69) is 55.4 Å². The molecule has 1 fully saturated rings. The molecule has 0 radical (unpaired) electrons. The number of ether oxygens (including phenoxy) is 1. The van der Waals surface area contributed by atoms with Gasteiger partial charge in [0, 0.05) is 12.3 Å². The summed E-state index contributed by atoms with van der Waals surface area (Å²) in [5.74, 6) is 0. The zero-order valence-corrected chi connectivity index (χ0v) is 23.0. The highest BCUT2D eigenvalue weighted by Gasteiger charge is 2.45. The smallest absolute Gasteiger partial charge is 0.330 e. The van der Waals surface area contributed by atoms with E-state index < -0.39 is 50.7 Å². The highest BCUT2D eigenvalue weighted by atomic mass is 28.4. The average Bonchev–Trinajstić information content (AvgIpc) is 2.96. The molecule has 11 heteroatoms. The van der Waals surface area contributed by atoms with Crippen molar-refractivity contribution in [2.24, 2.45) is 0 Å². The van der Waals surface area contributed by atoms with Gasteiger partial charge >= 0.3 is 5.69 Å². The number of hydrogen-bond acceptors (Lipinski definition) is 7. The van der Waals surface area contributed by atoms with Gasteiger partial charge in [0.25, 0.3) is 5.56 Å². The molecule has 1 aliphatic rings. The largest absolute Gasteiger partial charge is 0.459 e. The monoisotopic (exact) mass is 490 g/mol. The second-order valence-corrected chi connectivity index (χ2v) is 18.1. The normalized spacial score (nSPS) is 24.2. The Balaban J connectivity index is 0.000000324. The highest BCUT2D eigenvalue weighted by molar-refractivity contribution is 6.81. The zero-order chi connectivity index (χ0) is 24.8. The number of aliphatic hydroxyl groups excluding tert-OH is 3. The van der Waals surface area contributed by atoms with Gasteiger partial charge < -0.3 is 24.2 Å². The Morgan fingerprint density at radius 1 is 1.06 bits per heavy atom. The van der Waals surface area contributed by atoms with Crippen molar-refractivity contribution < 1.29 is 24.2 Å². The van der Waals surface area contributed by atoms with E-state index in [0.717, 1.165) is 39.0 Å². The Labute approximate surface area is 193 Å². The fraction of sp³-hybridized carbons (Fsp3) is 0.810.